The van der Waals surface area contributed by atoms with Crippen LogP contribution in [0.4, 0.5) is 15.8 Å². The Balaban J connectivity index is 1.88. The van der Waals surface area contributed by atoms with Gasteiger partial charge in [-0.3, -0.25) is 24.6 Å². The Morgan fingerprint density at radius 2 is 1.73 bits per heavy atom. The zero-order valence-corrected chi connectivity index (χ0v) is 16.7. The summed E-state index contributed by atoms with van der Waals surface area (Å²) in [6.07, 6.45) is 0.754. The van der Waals surface area contributed by atoms with E-state index in [9.17, 15) is 24.1 Å². The first-order chi connectivity index (χ1) is 14.2. The molecule has 0 bridgehead atoms. The van der Waals surface area contributed by atoms with Gasteiger partial charge in [0.05, 0.1) is 4.92 Å². The molecule has 0 fully saturated rings. The van der Waals surface area contributed by atoms with Gasteiger partial charge in [0, 0.05) is 47.8 Å². The van der Waals surface area contributed by atoms with Crippen molar-refractivity contribution in [1.29, 1.82) is 0 Å². The molecule has 154 valence electrons. The van der Waals surface area contributed by atoms with E-state index in [1.165, 1.54) is 35.2 Å². The van der Waals surface area contributed by atoms with Crippen LogP contribution in [0.3, 0.4) is 0 Å². The molecule has 7 heteroatoms. The molecule has 0 radical (unpaired) electrons. The van der Waals surface area contributed by atoms with E-state index in [-0.39, 0.29) is 29.2 Å². The second kappa shape index (κ2) is 7.16. The first-order valence-corrected chi connectivity index (χ1v) is 9.76. The van der Waals surface area contributed by atoms with Crippen molar-refractivity contribution in [2.24, 2.45) is 5.41 Å². The van der Waals surface area contributed by atoms with Gasteiger partial charge >= 0.3 is 0 Å². The van der Waals surface area contributed by atoms with Crippen LogP contribution < -0.4 is 4.90 Å². The third-order valence-corrected chi connectivity index (χ3v) is 5.74. The molecule has 2 aromatic rings. The van der Waals surface area contributed by atoms with E-state index >= 15 is 0 Å². The van der Waals surface area contributed by atoms with Crippen LogP contribution in [-0.2, 0) is 9.59 Å². The number of Topliss-reactive ketones (excluding diaryl/α,β-unsaturated/α-hetero) is 1. The van der Waals surface area contributed by atoms with Crippen molar-refractivity contribution >= 4 is 23.1 Å². The summed E-state index contributed by atoms with van der Waals surface area (Å²) in [4.78, 5) is 38.3. The number of hydrogen-bond acceptors (Lipinski definition) is 4. The van der Waals surface area contributed by atoms with E-state index in [1.807, 2.05) is 13.8 Å². The lowest BCUT2D eigenvalue weighted by Gasteiger charge is -2.43. The van der Waals surface area contributed by atoms with Crippen molar-refractivity contribution in [3.8, 4) is 0 Å². The number of amides is 1. The summed E-state index contributed by atoms with van der Waals surface area (Å²) in [5.41, 5.74) is 1.41. The van der Waals surface area contributed by atoms with Crippen molar-refractivity contribution in [3.63, 3.8) is 0 Å². The second-order valence-electron chi connectivity index (χ2n) is 8.58. The number of nitro benzene ring substituents is 1. The van der Waals surface area contributed by atoms with Crippen molar-refractivity contribution in [2.75, 3.05) is 4.90 Å². The molecule has 1 aliphatic heterocycles. The minimum Gasteiger partial charge on any atom is -0.294 e. The zero-order chi connectivity index (χ0) is 21.6. The standard InChI is InChI=1S/C23H21FN2O4/c1-23(2)12-19-22(20(27)13-23)17(16-5-3-4-6-18(16)24)11-21(28)25(19)14-7-9-15(10-8-14)26(29)30/h3-10,17H,11-13H2,1-2H3. The van der Waals surface area contributed by atoms with Crippen LogP contribution in [0.25, 0.3) is 0 Å². The largest absolute Gasteiger partial charge is 0.294 e. The number of nitrogens with zero attached hydrogens (tertiary/aromatic N) is 2. The van der Waals surface area contributed by atoms with Crippen molar-refractivity contribution < 1.29 is 18.9 Å². The zero-order valence-electron chi connectivity index (χ0n) is 16.7. The molecule has 1 heterocycles. The van der Waals surface area contributed by atoms with Crippen molar-refractivity contribution in [2.45, 2.75) is 39.0 Å². The number of benzene rings is 2. The lowest BCUT2D eigenvalue weighted by molar-refractivity contribution is -0.384. The summed E-state index contributed by atoms with van der Waals surface area (Å²) in [5, 5.41) is 11.0. The average Bonchev–Trinajstić information content (AvgIpc) is 2.67. The fourth-order valence-corrected chi connectivity index (χ4v) is 4.46. The molecule has 0 saturated carbocycles. The summed E-state index contributed by atoms with van der Waals surface area (Å²) >= 11 is 0. The highest BCUT2D eigenvalue weighted by Gasteiger charge is 2.44. The Hall–Kier alpha value is -3.35. The third kappa shape index (κ3) is 3.40. The fraction of sp³-hybridized carbons (Fsp3) is 0.304. The highest BCUT2D eigenvalue weighted by molar-refractivity contribution is 6.07. The number of carbonyl (C=O) groups is 2. The van der Waals surface area contributed by atoms with E-state index in [2.05, 4.69) is 0 Å². The maximum absolute atomic E-state index is 14.6. The van der Waals surface area contributed by atoms with Gasteiger partial charge in [-0.05, 0) is 35.6 Å². The molecule has 30 heavy (non-hydrogen) atoms. The highest BCUT2D eigenvalue weighted by atomic mass is 19.1. The molecule has 1 aliphatic carbocycles. The molecule has 0 N–H and O–H groups in total. The molecule has 2 aromatic carbocycles. The predicted molar refractivity (Wildman–Crippen MR) is 109 cm³/mol. The normalized spacial score (nSPS) is 20.9. The molecular formula is C23H21FN2O4. The summed E-state index contributed by atoms with van der Waals surface area (Å²) < 4.78 is 14.6. The minimum absolute atomic E-state index is 0.0388. The maximum atomic E-state index is 14.6. The first-order valence-electron chi connectivity index (χ1n) is 9.76. The van der Waals surface area contributed by atoms with Gasteiger partial charge in [-0.2, -0.15) is 0 Å². The smallest absolute Gasteiger partial charge is 0.269 e. The van der Waals surface area contributed by atoms with E-state index < -0.39 is 16.7 Å². The van der Waals surface area contributed by atoms with Gasteiger partial charge < -0.3 is 0 Å². The third-order valence-electron chi connectivity index (χ3n) is 5.74. The van der Waals surface area contributed by atoms with Gasteiger partial charge in [-0.25, -0.2) is 4.39 Å². The molecule has 1 unspecified atom stereocenters. The lowest BCUT2D eigenvalue weighted by Crippen LogP contribution is -2.43. The van der Waals surface area contributed by atoms with Crippen LogP contribution >= 0.6 is 0 Å². The number of carbonyl (C=O) groups excluding carboxylic acids is 2. The summed E-state index contributed by atoms with van der Waals surface area (Å²) in [6, 6.07) is 11.9. The van der Waals surface area contributed by atoms with Gasteiger partial charge in [0.2, 0.25) is 5.91 Å². The maximum Gasteiger partial charge on any atom is 0.269 e. The summed E-state index contributed by atoms with van der Waals surface area (Å²) in [5.74, 6) is -1.43. The van der Waals surface area contributed by atoms with Gasteiger partial charge in [0.25, 0.3) is 5.69 Å². The molecular weight excluding hydrogens is 387 g/mol. The molecule has 6 nitrogen and oxygen atoms in total. The minimum atomic E-state index is -0.633. The van der Waals surface area contributed by atoms with Crippen LogP contribution in [0, 0.1) is 21.3 Å². The molecule has 2 aliphatic rings. The van der Waals surface area contributed by atoms with Crippen LogP contribution in [0.1, 0.15) is 44.6 Å². The summed E-state index contributed by atoms with van der Waals surface area (Å²) in [7, 11) is 0. The first kappa shape index (κ1) is 19.9. The number of allylic oxidation sites excluding steroid dienone is 2. The van der Waals surface area contributed by atoms with E-state index in [0.717, 1.165) is 0 Å². The second-order valence-corrected chi connectivity index (χ2v) is 8.58. The number of hydrogen-bond donors (Lipinski definition) is 0. The summed E-state index contributed by atoms with van der Waals surface area (Å²) in [6.45, 7) is 3.92. The Kier molecular flexibility index (Phi) is 4.76. The number of ketones is 1. The SMILES string of the molecule is CC1(C)CC(=O)C2=C(C1)N(c1ccc([N+](=O)[O-])cc1)C(=O)CC2c1ccccc1F. The van der Waals surface area contributed by atoms with E-state index in [0.29, 0.717) is 35.4 Å². The quantitative estimate of drug-likeness (QED) is 0.535. The molecule has 1 amide bonds. The van der Waals surface area contributed by atoms with E-state index in [1.54, 1.807) is 18.2 Å². The lowest BCUT2D eigenvalue weighted by atomic mass is 9.69. The Morgan fingerprint density at radius 1 is 1.07 bits per heavy atom. The Bertz CT molecular complexity index is 1090. The van der Waals surface area contributed by atoms with Crippen LogP contribution in [0.2, 0.25) is 0 Å². The number of nitro groups is 1. The highest BCUT2D eigenvalue weighted by Crippen LogP contribution is 2.48. The molecule has 4 rings (SSSR count). The fourth-order valence-electron chi connectivity index (χ4n) is 4.46. The number of non-ortho nitro benzene ring substituents is 1. The average molecular weight is 408 g/mol. The molecule has 1 atom stereocenters. The van der Waals surface area contributed by atoms with Crippen LogP contribution in [0.15, 0.2) is 59.8 Å². The van der Waals surface area contributed by atoms with E-state index in [4.69, 9.17) is 0 Å². The topological polar surface area (TPSA) is 80.5 Å². The van der Waals surface area contributed by atoms with Gasteiger partial charge in [-0.1, -0.05) is 32.0 Å². The van der Waals surface area contributed by atoms with Crippen molar-refractivity contribution in [3.05, 3.63) is 81.3 Å². The van der Waals surface area contributed by atoms with Crippen LogP contribution in [-0.4, -0.2) is 16.6 Å². The number of halogens is 1. The monoisotopic (exact) mass is 408 g/mol. The number of anilines is 1. The van der Waals surface area contributed by atoms with Gasteiger partial charge in [0.15, 0.2) is 5.78 Å². The Morgan fingerprint density at radius 3 is 2.37 bits per heavy atom. The van der Waals surface area contributed by atoms with Gasteiger partial charge in [0.1, 0.15) is 5.82 Å². The number of rotatable bonds is 3. The molecule has 0 aromatic heterocycles. The molecule has 0 saturated heterocycles. The molecule has 0 spiro atoms. The van der Waals surface area contributed by atoms with Crippen molar-refractivity contribution in [1.82, 2.24) is 0 Å². The van der Waals surface area contributed by atoms with Gasteiger partial charge in [-0.15, -0.1) is 0 Å². The predicted octanol–water partition coefficient (Wildman–Crippen LogP) is 4.90. The Labute approximate surface area is 173 Å². The van der Waals surface area contributed by atoms with Crippen LogP contribution in [0.5, 0.6) is 0 Å².